The van der Waals surface area contributed by atoms with Gasteiger partial charge < -0.3 is 10.5 Å². The minimum Gasteiger partial charge on any atom is -0.494 e. The Hall–Kier alpha value is -1.86. The summed E-state index contributed by atoms with van der Waals surface area (Å²) in [5.41, 5.74) is 5.82. The maximum absolute atomic E-state index is 11.8. The molecular weight excluding hydrogens is 192 g/mol. The molecule has 0 aliphatic heterocycles. The van der Waals surface area contributed by atoms with Crippen LogP contribution in [0.4, 0.5) is 0 Å². The summed E-state index contributed by atoms with van der Waals surface area (Å²) < 4.78 is 5.00. The molecule has 0 radical (unpaired) electrons. The lowest BCUT2D eigenvalue weighted by molar-refractivity contribution is 0.0954. The third kappa shape index (κ3) is 2.55. The molecule has 4 heteroatoms. The third-order valence-electron chi connectivity index (χ3n) is 1.90. The summed E-state index contributed by atoms with van der Waals surface area (Å²) in [6, 6.07) is 2.62. The molecule has 0 aliphatic rings. The van der Waals surface area contributed by atoms with Crippen LogP contribution in [0, 0.1) is 12.3 Å². The Balaban J connectivity index is 2.96. The van der Waals surface area contributed by atoms with Crippen molar-refractivity contribution in [2.45, 2.75) is 12.5 Å². The smallest absolute Gasteiger partial charge is 0.202 e. The van der Waals surface area contributed by atoms with Crippen molar-refractivity contribution >= 4 is 5.78 Å². The van der Waals surface area contributed by atoms with E-state index in [2.05, 4.69) is 10.9 Å². The lowest BCUT2D eigenvalue weighted by Gasteiger charge is -2.09. The zero-order chi connectivity index (χ0) is 11.3. The summed E-state index contributed by atoms with van der Waals surface area (Å²) in [6.07, 6.45) is 6.79. The SMILES string of the molecule is C#CCC(N)C(=O)c1ncccc1OC. The maximum atomic E-state index is 11.8. The zero-order valence-electron chi connectivity index (χ0n) is 8.43. The molecule has 1 aromatic heterocycles. The van der Waals surface area contributed by atoms with E-state index in [0.29, 0.717) is 5.75 Å². The van der Waals surface area contributed by atoms with Gasteiger partial charge in [0.15, 0.2) is 0 Å². The zero-order valence-corrected chi connectivity index (χ0v) is 8.43. The Morgan fingerprint density at radius 1 is 1.80 bits per heavy atom. The molecule has 0 saturated carbocycles. The van der Waals surface area contributed by atoms with E-state index >= 15 is 0 Å². The summed E-state index contributed by atoms with van der Waals surface area (Å²) in [5.74, 6) is 2.45. The van der Waals surface area contributed by atoms with Crippen molar-refractivity contribution in [3.8, 4) is 18.1 Å². The fraction of sp³-hybridized carbons (Fsp3) is 0.273. The number of carbonyl (C=O) groups excluding carboxylic acids is 1. The number of aromatic nitrogens is 1. The molecule has 4 nitrogen and oxygen atoms in total. The van der Waals surface area contributed by atoms with Crippen LogP contribution in [-0.2, 0) is 0 Å². The quantitative estimate of drug-likeness (QED) is 0.577. The van der Waals surface area contributed by atoms with E-state index in [1.165, 1.54) is 13.3 Å². The molecule has 1 heterocycles. The lowest BCUT2D eigenvalue weighted by atomic mass is 10.1. The summed E-state index contributed by atoms with van der Waals surface area (Å²) in [4.78, 5) is 15.7. The lowest BCUT2D eigenvalue weighted by Crippen LogP contribution is -2.30. The normalized spacial score (nSPS) is 11.5. The topological polar surface area (TPSA) is 65.2 Å². The molecule has 78 valence electrons. The fourth-order valence-electron chi connectivity index (χ4n) is 1.14. The Kier molecular flexibility index (Phi) is 3.83. The van der Waals surface area contributed by atoms with E-state index in [4.69, 9.17) is 16.9 Å². The molecule has 0 saturated heterocycles. The van der Waals surface area contributed by atoms with Gasteiger partial charge in [-0.2, -0.15) is 0 Å². The second-order valence-corrected chi connectivity index (χ2v) is 2.93. The molecule has 0 spiro atoms. The van der Waals surface area contributed by atoms with Gasteiger partial charge in [0, 0.05) is 12.6 Å². The largest absolute Gasteiger partial charge is 0.494 e. The maximum Gasteiger partial charge on any atom is 0.202 e. The Bertz CT molecular complexity index is 396. The van der Waals surface area contributed by atoms with Crippen LogP contribution in [0.15, 0.2) is 18.3 Å². The minimum absolute atomic E-state index is 0.193. The number of ketones is 1. The first-order chi connectivity index (χ1) is 7.20. The number of methoxy groups -OCH3 is 1. The monoisotopic (exact) mass is 204 g/mol. The van der Waals surface area contributed by atoms with Crippen molar-refractivity contribution in [3.63, 3.8) is 0 Å². The van der Waals surface area contributed by atoms with Gasteiger partial charge in [-0.05, 0) is 12.1 Å². The molecule has 15 heavy (non-hydrogen) atoms. The van der Waals surface area contributed by atoms with Crippen molar-refractivity contribution in [3.05, 3.63) is 24.0 Å². The average molecular weight is 204 g/mol. The first kappa shape index (κ1) is 11.2. The predicted octanol–water partition coefficient (Wildman–Crippen LogP) is 0.623. The van der Waals surface area contributed by atoms with Crippen LogP contribution in [0.25, 0.3) is 0 Å². The van der Waals surface area contributed by atoms with Gasteiger partial charge in [-0.25, -0.2) is 4.98 Å². The molecular formula is C11H12N2O2. The van der Waals surface area contributed by atoms with E-state index in [1.54, 1.807) is 12.1 Å². The van der Waals surface area contributed by atoms with Gasteiger partial charge in [-0.1, -0.05) is 0 Å². The molecule has 0 bridgehead atoms. The van der Waals surface area contributed by atoms with Gasteiger partial charge in [0.25, 0.3) is 0 Å². The molecule has 0 aliphatic carbocycles. The number of nitrogens with two attached hydrogens (primary N) is 1. The van der Waals surface area contributed by atoms with Crippen molar-refractivity contribution in [2.24, 2.45) is 5.73 Å². The number of nitrogens with zero attached hydrogens (tertiary/aromatic N) is 1. The molecule has 0 aromatic carbocycles. The number of ether oxygens (including phenoxy) is 1. The molecule has 0 amide bonds. The summed E-state index contributed by atoms with van der Waals surface area (Å²) in [5, 5.41) is 0. The summed E-state index contributed by atoms with van der Waals surface area (Å²) in [6.45, 7) is 0. The van der Waals surface area contributed by atoms with Crippen LogP contribution >= 0.6 is 0 Å². The van der Waals surface area contributed by atoms with E-state index < -0.39 is 6.04 Å². The molecule has 1 aromatic rings. The van der Waals surface area contributed by atoms with Crippen LogP contribution < -0.4 is 10.5 Å². The number of rotatable bonds is 4. The number of hydrogen-bond donors (Lipinski definition) is 1. The van der Waals surface area contributed by atoms with Crippen LogP contribution in [0.1, 0.15) is 16.9 Å². The number of hydrogen-bond acceptors (Lipinski definition) is 4. The van der Waals surface area contributed by atoms with Crippen LogP contribution in [-0.4, -0.2) is 23.9 Å². The van der Waals surface area contributed by atoms with Crippen LogP contribution in [0.2, 0.25) is 0 Å². The number of terminal acetylenes is 1. The van der Waals surface area contributed by atoms with Gasteiger partial charge in [0.05, 0.1) is 13.2 Å². The standard InChI is InChI=1S/C11H12N2O2/c1-3-5-8(12)11(14)10-9(15-2)6-4-7-13-10/h1,4,6-8H,5,12H2,2H3. The highest BCUT2D eigenvalue weighted by Gasteiger charge is 2.19. The average Bonchev–Trinajstić information content (AvgIpc) is 2.28. The molecule has 1 atom stereocenters. The molecule has 1 rings (SSSR count). The third-order valence-corrected chi connectivity index (χ3v) is 1.90. The number of carbonyl (C=O) groups is 1. The van der Waals surface area contributed by atoms with Gasteiger partial charge in [0.2, 0.25) is 5.78 Å². The van der Waals surface area contributed by atoms with Crippen molar-refractivity contribution in [1.82, 2.24) is 4.98 Å². The first-order valence-electron chi connectivity index (χ1n) is 4.43. The van der Waals surface area contributed by atoms with Crippen molar-refractivity contribution < 1.29 is 9.53 Å². The van der Waals surface area contributed by atoms with E-state index in [9.17, 15) is 4.79 Å². The summed E-state index contributed by atoms with van der Waals surface area (Å²) >= 11 is 0. The fourth-order valence-corrected chi connectivity index (χ4v) is 1.14. The Labute approximate surface area is 88.5 Å². The van der Waals surface area contributed by atoms with Gasteiger partial charge in [0.1, 0.15) is 11.4 Å². The Morgan fingerprint density at radius 2 is 2.53 bits per heavy atom. The minimum atomic E-state index is -0.723. The molecule has 2 N–H and O–H groups in total. The molecule has 1 unspecified atom stereocenters. The van der Waals surface area contributed by atoms with E-state index in [-0.39, 0.29) is 17.9 Å². The van der Waals surface area contributed by atoms with E-state index in [0.717, 1.165) is 0 Å². The molecule has 0 fully saturated rings. The second kappa shape index (κ2) is 5.13. The van der Waals surface area contributed by atoms with Gasteiger partial charge in [-0.3, -0.25) is 4.79 Å². The Morgan fingerprint density at radius 3 is 3.13 bits per heavy atom. The second-order valence-electron chi connectivity index (χ2n) is 2.93. The number of Topliss-reactive ketones (excluding diaryl/α,β-unsaturated/α-hetero) is 1. The van der Waals surface area contributed by atoms with Gasteiger partial charge in [-0.15, -0.1) is 12.3 Å². The van der Waals surface area contributed by atoms with Crippen LogP contribution in [0.3, 0.4) is 0 Å². The number of pyridine rings is 1. The van der Waals surface area contributed by atoms with E-state index in [1.807, 2.05) is 0 Å². The van der Waals surface area contributed by atoms with Crippen molar-refractivity contribution in [1.29, 1.82) is 0 Å². The first-order valence-corrected chi connectivity index (χ1v) is 4.43. The summed E-state index contributed by atoms with van der Waals surface area (Å²) in [7, 11) is 1.47. The highest BCUT2D eigenvalue weighted by atomic mass is 16.5. The highest BCUT2D eigenvalue weighted by Crippen LogP contribution is 2.16. The predicted molar refractivity (Wildman–Crippen MR) is 56.5 cm³/mol. The van der Waals surface area contributed by atoms with Crippen LogP contribution in [0.5, 0.6) is 5.75 Å². The highest BCUT2D eigenvalue weighted by molar-refractivity contribution is 6.00. The van der Waals surface area contributed by atoms with Crippen molar-refractivity contribution in [2.75, 3.05) is 7.11 Å². The van der Waals surface area contributed by atoms with Gasteiger partial charge >= 0.3 is 0 Å².